The lowest BCUT2D eigenvalue weighted by atomic mass is 10.0. The van der Waals surface area contributed by atoms with E-state index in [9.17, 15) is 9.59 Å². The molecule has 16 heavy (non-hydrogen) atoms. The lowest BCUT2D eigenvalue weighted by molar-refractivity contribution is -0.181. The fourth-order valence-electron chi connectivity index (χ4n) is 3.33. The first-order valence-corrected chi connectivity index (χ1v) is 5.87. The Morgan fingerprint density at radius 3 is 3.06 bits per heavy atom. The molecule has 0 aromatic heterocycles. The molecule has 0 aromatic rings. The molecule has 3 aliphatic heterocycles. The highest BCUT2D eigenvalue weighted by Crippen LogP contribution is 2.44. The Kier molecular flexibility index (Phi) is 2.01. The Morgan fingerprint density at radius 1 is 1.50 bits per heavy atom. The van der Waals surface area contributed by atoms with Crippen molar-refractivity contribution in [2.45, 2.75) is 38.0 Å². The highest BCUT2D eigenvalue weighted by Gasteiger charge is 2.61. The van der Waals surface area contributed by atoms with Crippen LogP contribution in [0.25, 0.3) is 0 Å². The van der Waals surface area contributed by atoms with E-state index in [-0.39, 0.29) is 17.9 Å². The third-order valence-electron chi connectivity index (χ3n) is 4.02. The number of carbonyl (C=O) groups is 2. The van der Waals surface area contributed by atoms with Crippen LogP contribution in [0.1, 0.15) is 26.2 Å². The van der Waals surface area contributed by atoms with E-state index in [1.54, 1.807) is 11.8 Å². The van der Waals surface area contributed by atoms with Gasteiger partial charge in [0.2, 0.25) is 11.8 Å². The lowest BCUT2D eigenvalue weighted by Gasteiger charge is -2.42. The summed E-state index contributed by atoms with van der Waals surface area (Å²) in [6, 6.07) is -0.0576. The van der Waals surface area contributed by atoms with Crippen molar-refractivity contribution in [3.05, 3.63) is 0 Å². The molecule has 0 saturated carbocycles. The van der Waals surface area contributed by atoms with Gasteiger partial charge >= 0.3 is 0 Å². The van der Waals surface area contributed by atoms with Crippen molar-refractivity contribution in [2.24, 2.45) is 0 Å². The maximum atomic E-state index is 11.9. The second kappa shape index (κ2) is 3.20. The Morgan fingerprint density at radius 2 is 2.31 bits per heavy atom. The maximum Gasteiger partial charge on any atom is 0.227 e. The van der Waals surface area contributed by atoms with Crippen LogP contribution in [0.3, 0.4) is 0 Å². The van der Waals surface area contributed by atoms with Gasteiger partial charge in [0.1, 0.15) is 0 Å². The average Bonchev–Trinajstić information content (AvgIpc) is 2.71. The van der Waals surface area contributed by atoms with E-state index in [0.717, 1.165) is 19.4 Å². The molecule has 1 spiro atoms. The molecule has 5 nitrogen and oxygen atoms in total. The molecule has 0 radical (unpaired) electrons. The average molecular weight is 224 g/mol. The lowest BCUT2D eigenvalue weighted by Crippen LogP contribution is -2.56. The molecule has 88 valence electrons. The van der Waals surface area contributed by atoms with Gasteiger partial charge in [-0.1, -0.05) is 0 Å². The summed E-state index contributed by atoms with van der Waals surface area (Å²) in [5, 5.41) is 0. The minimum atomic E-state index is -0.485. The van der Waals surface area contributed by atoms with Gasteiger partial charge in [0.15, 0.2) is 5.72 Å². The molecule has 3 saturated heterocycles. The minimum Gasteiger partial charge on any atom is -0.353 e. The van der Waals surface area contributed by atoms with Crippen LogP contribution in [-0.2, 0) is 14.3 Å². The summed E-state index contributed by atoms with van der Waals surface area (Å²) in [5.41, 5.74) is -0.485. The first-order chi connectivity index (χ1) is 7.65. The predicted octanol–water partition coefficient (Wildman–Crippen LogP) is -0.0439. The van der Waals surface area contributed by atoms with Crippen LogP contribution in [0.2, 0.25) is 0 Å². The number of rotatable bonds is 0. The topological polar surface area (TPSA) is 49.9 Å². The van der Waals surface area contributed by atoms with E-state index in [0.29, 0.717) is 19.6 Å². The largest absolute Gasteiger partial charge is 0.353 e. The third kappa shape index (κ3) is 1.09. The van der Waals surface area contributed by atoms with E-state index in [2.05, 4.69) is 0 Å². The molecular weight excluding hydrogens is 208 g/mol. The summed E-state index contributed by atoms with van der Waals surface area (Å²) >= 11 is 0. The van der Waals surface area contributed by atoms with Crippen molar-refractivity contribution in [2.75, 3.05) is 19.7 Å². The first-order valence-electron chi connectivity index (χ1n) is 5.87. The normalized spacial score (nSPS) is 37.6. The second-order valence-electron chi connectivity index (χ2n) is 4.77. The van der Waals surface area contributed by atoms with E-state index >= 15 is 0 Å². The molecule has 2 amide bonds. The van der Waals surface area contributed by atoms with Gasteiger partial charge in [0.25, 0.3) is 0 Å². The molecule has 0 unspecified atom stereocenters. The highest BCUT2D eigenvalue weighted by molar-refractivity contribution is 5.83. The third-order valence-corrected chi connectivity index (χ3v) is 4.02. The Hall–Kier alpha value is -1.10. The Labute approximate surface area is 94.3 Å². The van der Waals surface area contributed by atoms with Crippen molar-refractivity contribution in [1.29, 1.82) is 0 Å². The van der Waals surface area contributed by atoms with Crippen LogP contribution in [0, 0.1) is 0 Å². The minimum absolute atomic E-state index is 0.0469. The van der Waals surface area contributed by atoms with Gasteiger partial charge in [0, 0.05) is 26.4 Å². The molecule has 3 aliphatic rings. The van der Waals surface area contributed by atoms with E-state index in [4.69, 9.17) is 4.74 Å². The van der Waals surface area contributed by atoms with Crippen molar-refractivity contribution in [3.8, 4) is 0 Å². The van der Waals surface area contributed by atoms with Gasteiger partial charge in [-0.05, 0) is 6.42 Å². The summed E-state index contributed by atoms with van der Waals surface area (Å²) in [6.07, 6.45) is 2.10. The van der Waals surface area contributed by atoms with Crippen molar-refractivity contribution < 1.29 is 14.3 Å². The van der Waals surface area contributed by atoms with Crippen molar-refractivity contribution in [3.63, 3.8) is 0 Å². The molecule has 0 aliphatic carbocycles. The van der Waals surface area contributed by atoms with Gasteiger partial charge in [0.05, 0.1) is 19.1 Å². The van der Waals surface area contributed by atoms with Crippen molar-refractivity contribution in [1.82, 2.24) is 9.80 Å². The fourth-order valence-corrected chi connectivity index (χ4v) is 3.33. The molecule has 0 N–H and O–H groups in total. The predicted molar refractivity (Wildman–Crippen MR) is 55.4 cm³/mol. The summed E-state index contributed by atoms with van der Waals surface area (Å²) in [5.74, 6) is 0.182. The summed E-state index contributed by atoms with van der Waals surface area (Å²) in [6.45, 7) is 3.76. The molecule has 3 heterocycles. The number of amides is 2. The Bertz CT molecular complexity index is 357. The highest BCUT2D eigenvalue weighted by atomic mass is 16.5. The first kappa shape index (κ1) is 10.1. The van der Waals surface area contributed by atoms with Crippen LogP contribution < -0.4 is 0 Å². The van der Waals surface area contributed by atoms with E-state index < -0.39 is 5.72 Å². The van der Waals surface area contributed by atoms with Gasteiger partial charge in [-0.2, -0.15) is 0 Å². The molecule has 0 aromatic carbocycles. The molecule has 5 heteroatoms. The second-order valence-corrected chi connectivity index (χ2v) is 4.77. The van der Waals surface area contributed by atoms with Crippen LogP contribution in [0.15, 0.2) is 0 Å². The van der Waals surface area contributed by atoms with Crippen LogP contribution >= 0.6 is 0 Å². The number of nitrogens with zero attached hydrogens (tertiary/aromatic N) is 2. The van der Waals surface area contributed by atoms with E-state index in [1.165, 1.54) is 0 Å². The number of ether oxygens (including phenoxy) is 1. The monoisotopic (exact) mass is 224 g/mol. The zero-order valence-electron chi connectivity index (χ0n) is 9.44. The summed E-state index contributed by atoms with van der Waals surface area (Å²) in [7, 11) is 0. The molecule has 3 fully saturated rings. The molecule has 2 atom stereocenters. The van der Waals surface area contributed by atoms with Gasteiger partial charge < -0.3 is 14.5 Å². The van der Waals surface area contributed by atoms with Gasteiger partial charge in [-0.25, -0.2) is 0 Å². The number of likely N-dealkylation sites (tertiary alicyclic amines) is 1. The van der Waals surface area contributed by atoms with Crippen LogP contribution in [0.5, 0.6) is 0 Å². The fraction of sp³-hybridized carbons (Fsp3) is 0.818. The zero-order chi connectivity index (χ0) is 11.3. The smallest absolute Gasteiger partial charge is 0.227 e. The Balaban J connectivity index is 1.96. The van der Waals surface area contributed by atoms with E-state index in [1.807, 2.05) is 4.90 Å². The molecule has 0 bridgehead atoms. The number of hydrogen-bond acceptors (Lipinski definition) is 3. The number of hydrogen-bond donors (Lipinski definition) is 0. The van der Waals surface area contributed by atoms with Crippen molar-refractivity contribution >= 4 is 11.8 Å². The maximum absolute atomic E-state index is 11.9. The summed E-state index contributed by atoms with van der Waals surface area (Å²) < 4.78 is 5.88. The van der Waals surface area contributed by atoms with Crippen LogP contribution in [0.4, 0.5) is 0 Å². The standard InChI is InChI=1S/C11H16N2O3/c1-8(14)12-5-3-11-9(12)7-10(15)13(11)4-2-6-16-11/h9H,2-7H2,1H3/t9-,11+/m1/s1. The number of carbonyl (C=O) groups excluding carboxylic acids is 2. The molecular formula is C11H16N2O3. The zero-order valence-corrected chi connectivity index (χ0v) is 9.44. The molecule has 3 rings (SSSR count). The quantitative estimate of drug-likeness (QED) is 0.580. The summed E-state index contributed by atoms with van der Waals surface area (Å²) in [4.78, 5) is 27.0. The van der Waals surface area contributed by atoms with Gasteiger partial charge in [-0.15, -0.1) is 0 Å². The van der Waals surface area contributed by atoms with Crippen LogP contribution in [-0.4, -0.2) is 53.1 Å². The SMILES string of the molecule is CC(=O)N1CC[C@@]23OCCCN2C(=O)C[C@@H]13. The van der Waals surface area contributed by atoms with Gasteiger partial charge in [-0.3, -0.25) is 9.59 Å².